The van der Waals surface area contributed by atoms with Crippen LogP contribution < -0.4 is 9.42 Å². The Labute approximate surface area is 121 Å². The Morgan fingerprint density at radius 3 is 2.25 bits per heavy atom. The quantitative estimate of drug-likeness (QED) is 0.764. The van der Waals surface area contributed by atoms with Gasteiger partial charge in [0.25, 0.3) is 0 Å². The second-order valence-corrected chi connectivity index (χ2v) is 5.18. The summed E-state index contributed by atoms with van der Waals surface area (Å²) >= 11 is 0. The molecule has 0 heterocycles. The Morgan fingerprint density at radius 1 is 1.10 bits per heavy atom. The zero-order chi connectivity index (χ0) is 14.5. The van der Waals surface area contributed by atoms with E-state index in [4.69, 9.17) is 4.52 Å². The lowest BCUT2D eigenvalue weighted by Gasteiger charge is -2.24. The first-order chi connectivity index (χ1) is 9.60. The van der Waals surface area contributed by atoms with Crippen molar-refractivity contribution in [3.05, 3.63) is 59.9 Å². The van der Waals surface area contributed by atoms with Crippen molar-refractivity contribution < 1.29 is 8.91 Å². The van der Waals surface area contributed by atoms with Crippen molar-refractivity contribution in [2.75, 3.05) is 18.5 Å². The predicted molar refractivity (Wildman–Crippen MR) is 84.9 cm³/mol. The number of nitrogens with zero attached hydrogens (tertiary/aromatic N) is 1. The Kier molecular flexibility index (Phi) is 4.97. The molecule has 0 bridgehead atoms. The van der Waals surface area contributed by atoms with E-state index in [9.17, 15) is 4.39 Å². The van der Waals surface area contributed by atoms with Gasteiger partial charge in [0.1, 0.15) is 11.6 Å². The normalized spacial score (nSPS) is 12.0. The summed E-state index contributed by atoms with van der Waals surface area (Å²) in [5.41, 5.74) is 2.27. The van der Waals surface area contributed by atoms with Gasteiger partial charge in [0, 0.05) is 19.3 Å². The number of hydrogen-bond acceptors (Lipinski definition) is 2. The van der Waals surface area contributed by atoms with Gasteiger partial charge in [0.05, 0.1) is 9.47 Å². The predicted octanol–water partition coefficient (Wildman–Crippen LogP) is 4.23. The molecule has 2 aromatic rings. The molecule has 0 radical (unpaired) electrons. The first kappa shape index (κ1) is 14.8. The molecule has 2 aromatic carbocycles. The molecular weight excluding hydrogens is 272 g/mol. The van der Waals surface area contributed by atoms with Crippen LogP contribution in [-0.2, 0) is 0 Å². The third-order valence-corrected chi connectivity index (χ3v) is 3.67. The van der Waals surface area contributed by atoms with Gasteiger partial charge in [-0.3, -0.25) is 0 Å². The second kappa shape index (κ2) is 6.71. The second-order valence-electron chi connectivity index (χ2n) is 4.94. The largest absolute Gasteiger partial charge is 0.480 e. The summed E-state index contributed by atoms with van der Waals surface area (Å²) in [5, 5.41) is 0. The first-order valence-electron chi connectivity index (χ1n) is 6.53. The van der Waals surface area contributed by atoms with Crippen LogP contribution in [0.3, 0.4) is 0 Å². The molecule has 0 aliphatic heterocycles. The van der Waals surface area contributed by atoms with Crippen molar-refractivity contribution in [2.45, 2.75) is 12.8 Å². The third-order valence-electron chi connectivity index (χ3n) is 3.40. The summed E-state index contributed by atoms with van der Waals surface area (Å²) in [6.07, 6.45) is 0. The molecule has 0 aromatic heterocycles. The molecule has 20 heavy (non-hydrogen) atoms. The molecule has 106 valence electrons. The molecule has 2 rings (SSSR count). The summed E-state index contributed by atoms with van der Waals surface area (Å²) < 4.78 is 18.0. The number of anilines is 1. The molecule has 2 atom stereocenters. The lowest BCUT2D eigenvalue weighted by molar-refractivity contribution is 0.627. The summed E-state index contributed by atoms with van der Waals surface area (Å²) in [6.45, 7) is 3.04. The highest BCUT2D eigenvalue weighted by atomic mass is 31.0. The van der Waals surface area contributed by atoms with Crippen LogP contribution >= 0.6 is 9.47 Å². The number of rotatable bonds is 5. The van der Waals surface area contributed by atoms with E-state index in [0.717, 1.165) is 18.0 Å². The van der Waals surface area contributed by atoms with Crippen LogP contribution in [0.2, 0.25) is 0 Å². The maximum Gasteiger partial charge on any atom is 0.123 e. The van der Waals surface area contributed by atoms with Crippen LogP contribution in [0.15, 0.2) is 48.5 Å². The Balaban J connectivity index is 2.02. The van der Waals surface area contributed by atoms with Crippen molar-refractivity contribution in [1.82, 2.24) is 0 Å². The first-order valence-corrected chi connectivity index (χ1v) is 7.00. The Morgan fingerprint density at radius 2 is 1.70 bits per heavy atom. The summed E-state index contributed by atoms with van der Waals surface area (Å²) in [7, 11) is 4.26. The molecule has 0 aliphatic carbocycles. The van der Waals surface area contributed by atoms with Crippen LogP contribution in [0.25, 0.3) is 0 Å². The van der Waals surface area contributed by atoms with Gasteiger partial charge in [-0.1, -0.05) is 19.1 Å². The minimum atomic E-state index is -0.205. The minimum absolute atomic E-state index is 0.205. The fourth-order valence-electron chi connectivity index (χ4n) is 2.19. The fourth-order valence-corrected chi connectivity index (χ4v) is 2.35. The summed E-state index contributed by atoms with van der Waals surface area (Å²) in [5.74, 6) is 1.00. The molecule has 0 spiro atoms. The monoisotopic (exact) mass is 291 g/mol. The van der Waals surface area contributed by atoms with Gasteiger partial charge in [-0.25, -0.2) is 4.39 Å². The van der Waals surface area contributed by atoms with Gasteiger partial charge in [-0.2, -0.15) is 0 Å². The minimum Gasteiger partial charge on any atom is -0.480 e. The lowest BCUT2D eigenvalue weighted by atomic mass is 10.0. The van der Waals surface area contributed by atoms with Gasteiger partial charge in [0.2, 0.25) is 0 Å². The number of likely N-dealkylation sites (N-methyl/N-ethyl adjacent to an activating group) is 1. The highest BCUT2D eigenvalue weighted by Crippen LogP contribution is 2.23. The van der Waals surface area contributed by atoms with Crippen LogP contribution in [0, 0.1) is 5.82 Å². The van der Waals surface area contributed by atoms with Crippen molar-refractivity contribution in [2.24, 2.45) is 0 Å². The van der Waals surface area contributed by atoms with E-state index in [0.29, 0.717) is 5.92 Å². The van der Waals surface area contributed by atoms with Crippen molar-refractivity contribution >= 4 is 15.2 Å². The molecule has 0 aliphatic rings. The van der Waals surface area contributed by atoms with E-state index < -0.39 is 0 Å². The molecule has 0 fully saturated rings. The topological polar surface area (TPSA) is 12.5 Å². The maximum absolute atomic E-state index is 12.9. The number of benzene rings is 2. The molecule has 2 nitrogen and oxygen atoms in total. The van der Waals surface area contributed by atoms with Gasteiger partial charge in [0.15, 0.2) is 0 Å². The van der Waals surface area contributed by atoms with Crippen molar-refractivity contribution in [1.29, 1.82) is 0 Å². The van der Waals surface area contributed by atoms with Gasteiger partial charge >= 0.3 is 0 Å². The average Bonchev–Trinajstić information content (AvgIpc) is 2.48. The Bertz CT molecular complexity index is 541. The molecule has 1 unspecified atom stereocenters. The molecule has 0 saturated heterocycles. The molecule has 0 amide bonds. The smallest absolute Gasteiger partial charge is 0.123 e. The summed E-state index contributed by atoms with van der Waals surface area (Å²) in [6, 6.07) is 14.6. The van der Waals surface area contributed by atoms with Gasteiger partial charge < -0.3 is 9.42 Å². The zero-order valence-electron chi connectivity index (χ0n) is 11.7. The molecule has 0 N–H and O–H groups in total. The van der Waals surface area contributed by atoms with Gasteiger partial charge in [-0.05, 0) is 47.9 Å². The van der Waals surface area contributed by atoms with Crippen LogP contribution in [0.1, 0.15) is 18.4 Å². The average molecular weight is 291 g/mol. The fraction of sp³-hybridized carbons (Fsp3) is 0.250. The van der Waals surface area contributed by atoms with Crippen LogP contribution in [0.5, 0.6) is 5.75 Å². The number of hydrogen-bond donors (Lipinski definition) is 0. The van der Waals surface area contributed by atoms with E-state index in [1.165, 1.54) is 17.7 Å². The van der Waals surface area contributed by atoms with E-state index in [2.05, 4.69) is 33.4 Å². The number of halogens is 1. The maximum atomic E-state index is 12.9. The Hall–Kier alpha value is -1.60. The summed E-state index contributed by atoms with van der Waals surface area (Å²) in [4.78, 5) is 2.13. The SMILES string of the molecule is C[C@@H](CN(C)c1ccc(F)cc1)c1ccc(OP)cc1. The van der Waals surface area contributed by atoms with Gasteiger partial charge in [-0.15, -0.1) is 0 Å². The molecule has 0 saturated carbocycles. The third kappa shape index (κ3) is 3.71. The van der Waals surface area contributed by atoms with Crippen molar-refractivity contribution in [3.8, 4) is 5.75 Å². The zero-order valence-corrected chi connectivity index (χ0v) is 12.9. The van der Waals surface area contributed by atoms with Crippen molar-refractivity contribution in [3.63, 3.8) is 0 Å². The van der Waals surface area contributed by atoms with E-state index in [1.54, 1.807) is 12.1 Å². The highest BCUT2D eigenvalue weighted by Gasteiger charge is 2.10. The molecule has 4 heteroatoms. The van der Waals surface area contributed by atoms with E-state index >= 15 is 0 Å². The standard InChI is InChI=1S/C16H19FNOP/c1-12(13-3-9-16(19-20)10-4-13)11-18(2)15-7-5-14(17)6-8-15/h3-10,12H,11,20H2,1-2H3/t12-/m0/s1. The van der Waals surface area contributed by atoms with Crippen LogP contribution in [-0.4, -0.2) is 13.6 Å². The molecular formula is C16H19FNOP. The van der Waals surface area contributed by atoms with E-state index in [1.807, 2.05) is 19.2 Å². The van der Waals surface area contributed by atoms with E-state index in [-0.39, 0.29) is 5.82 Å². The lowest BCUT2D eigenvalue weighted by Crippen LogP contribution is -2.22. The van der Waals surface area contributed by atoms with Crippen LogP contribution in [0.4, 0.5) is 10.1 Å². The highest BCUT2D eigenvalue weighted by molar-refractivity contribution is 7.10.